The molecule has 1 aromatic rings. The second kappa shape index (κ2) is 8.98. The molecule has 0 aromatic heterocycles. The number of aryl methyl sites for hydroxylation is 1. The van der Waals surface area contributed by atoms with Crippen LogP contribution in [0.15, 0.2) is 29.8 Å². The van der Waals surface area contributed by atoms with Gasteiger partial charge in [0.1, 0.15) is 6.04 Å². The van der Waals surface area contributed by atoms with Gasteiger partial charge in [-0.3, -0.25) is 9.52 Å². The number of benzene rings is 1. The largest absolute Gasteiger partial charge is 0.408 e. The minimum atomic E-state index is -4.50. The summed E-state index contributed by atoms with van der Waals surface area (Å²) < 4.78 is 42.3. The molecule has 1 amide bonds. The molecule has 0 bridgehead atoms. The van der Waals surface area contributed by atoms with Crippen LogP contribution in [0.2, 0.25) is 0 Å². The zero-order valence-corrected chi connectivity index (χ0v) is 14.1. The third-order valence-electron chi connectivity index (χ3n) is 3.47. The second-order valence-electron chi connectivity index (χ2n) is 5.23. The summed E-state index contributed by atoms with van der Waals surface area (Å²) in [6.45, 7) is 4.19. The lowest BCUT2D eigenvalue weighted by Gasteiger charge is -2.23. The Labute approximate surface area is 138 Å². The number of hydrogen-bond acceptors (Lipinski definition) is 3. The van der Waals surface area contributed by atoms with Gasteiger partial charge in [-0.25, -0.2) is 0 Å². The van der Waals surface area contributed by atoms with E-state index < -0.39 is 12.2 Å². The van der Waals surface area contributed by atoms with Gasteiger partial charge in [-0.15, -0.1) is 0 Å². The Hall–Kier alpha value is -1.47. The van der Waals surface area contributed by atoms with Crippen LogP contribution in [0, 0.1) is 6.92 Å². The fourth-order valence-corrected chi connectivity index (χ4v) is 2.50. The summed E-state index contributed by atoms with van der Waals surface area (Å²) in [6, 6.07) is 5.43. The van der Waals surface area contributed by atoms with Crippen LogP contribution in [-0.4, -0.2) is 31.4 Å². The maximum atomic E-state index is 13.1. The molecule has 0 aliphatic rings. The first-order chi connectivity index (χ1) is 10.8. The van der Waals surface area contributed by atoms with Crippen molar-refractivity contribution in [3.8, 4) is 0 Å². The van der Waals surface area contributed by atoms with E-state index in [1.165, 1.54) is 11.9 Å². The topological polar surface area (TPSA) is 41.1 Å². The Morgan fingerprint density at radius 1 is 1.30 bits per heavy atom. The molecule has 23 heavy (non-hydrogen) atoms. The van der Waals surface area contributed by atoms with Crippen molar-refractivity contribution < 1.29 is 18.0 Å². The normalized spacial score (nSPS) is 14.2. The lowest BCUT2D eigenvalue weighted by atomic mass is 9.93. The van der Waals surface area contributed by atoms with E-state index in [0.717, 1.165) is 16.7 Å². The van der Waals surface area contributed by atoms with Gasteiger partial charge in [-0.05, 0) is 31.2 Å². The number of carbonyl (C=O) groups is 1. The molecular formula is C16H21F3N2OS. The third-order valence-corrected chi connectivity index (χ3v) is 3.90. The number of rotatable bonds is 8. The molecule has 0 fully saturated rings. The van der Waals surface area contributed by atoms with Gasteiger partial charge in [0, 0.05) is 13.0 Å². The zero-order chi connectivity index (χ0) is 17.5. The second-order valence-corrected chi connectivity index (χ2v) is 5.93. The molecule has 3 nitrogen and oxygen atoms in total. The summed E-state index contributed by atoms with van der Waals surface area (Å²) in [6.07, 6.45) is -2.84. The molecule has 0 spiro atoms. The van der Waals surface area contributed by atoms with Gasteiger partial charge in [0.05, 0.1) is 0 Å². The first-order valence-electron chi connectivity index (χ1n) is 7.07. The number of alkyl halides is 3. The van der Waals surface area contributed by atoms with Gasteiger partial charge < -0.3 is 5.32 Å². The smallest absolute Gasteiger partial charge is 0.347 e. The van der Waals surface area contributed by atoms with Crippen molar-refractivity contribution in [1.82, 2.24) is 10.0 Å². The van der Waals surface area contributed by atoms with Crippen molar-refractivity contribution in [3.05, 3.63) is 41.0 Å². The van der Waals surface area contributed by atoms with Crippen LogP contribution in [0.3, 0.4) is 0 Å². The Morgan fingerprint density at radius 2 is 1.91 bits per heavy atom. The maximum Gasteiger partial charge on any atom is 0.408 e. The molecule has 2 N–H and O–H groups in total. The van der Waals surface area contributed by atoms with E-state index in [1.807, 2.05) is 42.8 Å². The number of hydrogen-bond donors (Lipinski definition) is 2. The van der Waals surface area contributed by atoms with E-state index >= 15 is 0 Å². The lowest BCUT2D eigenvalue weighted by Crippen LogP contribution is -2.41. The summed E-state index contributed by atoms with van der Waals surface area (Å²) in [7, 11) is 0. The monoisotopic (exact) mass is 346 g/mol. The first-order valence-corrected chi connectivity index (χ1v) is 8.30. The summed E-state index contributed by atoms with van der Waals surface area (Å²) in [5.41, 5.74) is 3.16. The van der Waals surface area contributed by atoms with Gasteiger partial charge in [-0.2, -0.15) is 13.2 Å². The Bertz CT molecular complexity index is 541. The van der Waals surface area contributed by atoms with Crippen molar-refractivity contribution >= 4 is 23.9 Å². The summed E-state index contributed by atoms with van der Waals surface area (Å²) in [5, 5.41) is 1.88. The molecule has 0 saturated heterocycles. The molecule has 0 aliphatic carbocycles. The van der Waals surface area contributed by atoms with Crippen LogP contribution in [-0.2, 0) is 4.79 Å². The maximum absolute atomic E-state index is 13.1. The summed E-state index contributed by atoms with van der Waals surface area (Å²) in [4.78, 5) is 10.5. The molecule has 1 atom stereocenters. The number of amides is 1. The molecule has 0 saturated carbocycles. The van der Waals surface area contributed by atoms with Crippen LogP contribution in [0.5, 0.6) is 0 Å². The predicted molar refractivity (Wildman–Crippen MR) is 89.0 cm³/mol. The van der Waals surface area contributed by atoms with Crippen LogP contribution in [0.25, 0.3) is 5.57 Å². The van der Waals surface area contributed by atoms with E-state index in [4.69, 9.17) is 0 Å². The van der Waals surface area contributed by atoms with E-state index in [2.05, 4.69) is 4.72 Å². The highest BCUT2D eigenvalue weighted by atomic mass is 32.2. The number of carbonyl (C=O) groups excluding carboxylic acids is 1. The Kier molecular flexibility index (Phi) is 7.64. The third kappa shape index (κ3) is 6.27. The highest BCUT2D eigenvalue weighted by Gasteiger charge is 2.40. The van der Waals surface area contributed by atoms with Crippen molar-refractivity contribution in [2.75, 3.05) is 12.8 Å². The molecule has 0 heterocycles. The van der Waals surface area contributed by atoms with Crippen LogP contribution in [0.1, 0.15) is 24.5 Å². The van der Waals surface area contributed by atoms with Crippen molar-refractivity contribution in [2.24, 2.45) is 0 Å². The molecule has 7 heteroatoms. The SMILES string of the molecule is CSNC/C(C)=C(/C[C@@H](NC=O)C(F)(F)F)c1ccc(C)cc1. The van der Waals surface area contributed by atoms with E-state index in [9.17, 15) is 18.0 Å². The average molecular weight is 346 g/mol. The van der Waals surface area contributed by atoms with E-state index in [-0.39, 0.29) is 12.8 Å². The fourth-order valence-electron chi connectivity index (χ4n) is 2.14. The average Bonchev–Trinajstić information content (AvgIpc) is 2.49. The number of halogens is 3. The number of nitrogens with one attached hydrogen (secondary N) is 2. The molecule has 0 unspecified atom stereocenters. The molecule has 1 rings (SSSR count). The Balaban J connectivity index is 3.17. The van der Waals surface area contributed by atoms with Gasteiger partial charge in [0.25, 0.3) is 0 Å². The highest BCUT2D eigenvalue weighted by Crippen LogP contribution is 2.31. The fraction of sp³-hybridized carbons (Fsp3) is 0.438. The van der Waals surface area contributed by atoms with E-state index in [1.54, 1.807) is 6.92 Å². The minimum Gasteiger partial charge on any atom is -0.347 e. The highest BCUT2D eigenvalue weighted by molar-refractivity contribution is 7.96. The molecule has 1 aromatic carbocycles. The predicted octanol–water partition coefficient (Wildman–Crippen LogP) is 3.70. The van der Waals surface area contributed by atoms with Gasteiger partial charge in [0.2, 0.25) is 6.41 Å². The van der Waals surface area contributed by atoms with Crippen LogP contribution < -0.4 is 10.0 Å². The lowest BCUT2D eigenvalue weighted by molar-refractivity contribution is -0.157. The molecule has 0 aliphatic heterocycles. The molecule has 0 radical (unpaired) electrons. The van der Waals surface area contributed by atoms with Gasteiger partial charge >= 0.3 is 6.18 Å². The van der Waals surface area contributed by atoms with Crippen molar-refractivity contribution in [1.29, 1.82) is 0 Å². The van der Waals surface area contributed by atoms with Crippen LogP contribution in [0.4, 0.5) is 13.2 Å². The van der Waals surface area contributed by atoms with Crippen LogP contribution >= 0.6 is 11.9 Å². The van der Waals surface area contributed by atoms with Crippen molar-refractivity contribution in [3.63, 3.8) is 0 Å². The van der Waals surface area contributed by atoms with E-state index in [0.29, 0.717) is 12.1 Å². The first kappa shape index (κ1) is 19.6. The van der Waals surface area contributed by atoms with Gasteiger partial charge in [0.15, 0.2) is 0 Å². The molecule has 128 valence electrons. The minimum absolute atomic E-state index is 0.0976. The van der Waals surface area contributed by atoms with Gasteiger partial charge in [-0.1, -0.05) is 47.3 Å². The standard InChI is InChI=1S/C16H21F3N2OS/c1-11-4-6-13(7-5-11)14(12(2)9-21-23-3)8-15(20-10-22)16(17,18)19/h4-7,10,15,21H,8-9H2,1-3H3,(H,20,22)/b14-12-/t15-/m1/s1. The summed E-state index contributed by atoms with van der Waals surface area (Å²) in [5.74, 6) is 0. The summed E-state index contributed by atoms with van der Waals surface area (Å²) >= 11 is 1.40. The Morgan fingerprint density at radius 3 is 2.39 bits per heavy atom. The van der Waals surface area contributed by atoms with Crippen molar-refractivity contribution in [2.45, 2.75) is 32.5 Å². The molecular weight excluding hydrogens is 325 g/mol. The zero-order valence-electron chi connectivity index (χ0n) is 13.3. The quantitative estimate of drug-likeness (QED) is 0.557.